The van der Waals surface area contributed by atoms with Crippen molar-refractivity contribution in [1.82, 2.24) is 25.4 Å². The zero-order valence-corrected chi connectivity index (χ0v) is 13.7. The van der Waals surface area contributed by atoms with E-state index in [1.807, 2.05) is 24.3 Å². The summed E-state index contributed by atoms with van der Waals surface area (Å²) in [5, 5.41) is 28.0. The number of aromatic amines is 2. The maximum absolute atomic E-state index is 10.5. The normalized spacial score (nSPS) is 14.0. The van der Waals surface area contributed by atoms with Gasteiger partial charge in [0.1, 0.15) is 0 Å². The van der Waals surface area contributed by atoms with Gasteiger partial charge in [-0.2, -0.15) is 5.10 Å². The molecule has 0 unspecified atom stereocenters. The van der Waals surface area contributed by atoms with Crippen LogP contribution in [0.5, 0.6) is 0 Å². The predicted molar refractivity (Wildman–Crippen MR) is 94.6 cm³/mol. The number of allylic oxidation sites excluding steroid dienone is 4. The number of hydrogen-bond donors (Lipinski definition) is 4. The highest BCUT2D eigenvalue weighted by Crippen LogP contribution is 2.26. The molecule has 132 valence electrons. The summed E-state index contributed by atoms with van der Waals surface area (Å²) in [6, 6.07) is 5.84. The fraction of sp³-hybridized carbons (Fsp3) is 0.176. The van der Waals surface area contributed by atoms with E-state index in [1.54, 1.807) is 12.3 Å². The van der Waals surface area contributed by atoms with Gasteiger partial charge in [0.25, 0.3) is 0 Å². The summed E-state index contributed by atoms with van der Waals surface area (Å²) in [6.45, 7) is -0.327. The molecule has 0 bridgehead atoms. The Morgan fingerprint density at radius 3 is 3.00 bits per heavy atom. The summed E-state index contributed by atoms with van der Waals surface area (Å²) in [7, 11) is 0. The molecule has 0 atom stereocenters. The number of aromatic nitrogens is 5. The average Bonchev–Trinajstić information content (AvgIpc) is 3.29. The summed E-state index contributed by atoms with van der Waals surface area (Å²) in [4.78, 5) is 13.7. The second kappa shape index (κ2) is 6.71. The van der Waals surface area contributed by atoms with E-state index in [2.05, 4.69) is 30.7 Å². The van der Waals surface area contributed by atoms with E-state index in [0.29, 0.717) is 30.4 Å². The summed E-state index contributed by atoms with van der Waals surface area (Å²) < 4.78 is 5.19. The van der Waals surface area contributed by atoms with Crippen LogP contribution in [0.25, 0.3) is 16.5 Å². The lowest BCUT2D eigenvalue weighted by Gasteiger charge is -2.13. The Morgan fingerprint density at radius 2 is 2.19 bits per heavy atom. The molecule has 0 saturated carbocycles. The predicted octanol–water partition coefficient (Wildman–Crippen LogP) is 2.59. The maximum atomic E-state index is 10.5. The van der Waals surface area contributed by atoms with E-state index in [4.69, 9.17) is 9.84 Å². The van der Waals surface area contributed by atoms with E-state index >= 15 is 0 Å². The summed E-state index contributed by atoms with van der Waals surface area (Å²) in [5.74, 6) is 0.883. The molecule has 9 nitrogen and oxygen atoms in total. The quantitative estimate of drug-likeness (QED) is 0.536. The number of carboxylic acid groups (broad SMARTS) is 1. The van der Waals surface area contributed by atoms with E-state index in [-0.39, 0.29) is 6.61 Å². The van der Waals surface area contributed by atoms with Gasteiger partial charge >= 0.3 is 5.97 Å². The van der Waals surface area contributed by atoms with Crippen molar-refractivity contribution in [2.45, 2.75) is 12.8 Å². The highest BCUT2D eigenvalue weighted by Gasteiger charge is 2.14. The second-order valence-corrected chi connectivity index (χ2v) is 5.83. The third kappa shape index (κ3) is 3.41. The number of H-pyrrole nitrogens is 2. The van der Waals surface area contributed by atoms with Gasteiger partial charge < -0.3 is 20.1 Å². The molecule has 9 heteroatoms. The summed E-state index contributed by atoms with van der Waals surface area (Å²) in [6.07, 6.45) is 6.71. The van der Waals surface area contributed by atoms with E-state index in [9.17, 15) is 4.79 Å². The van der Waals surface area contributed by atoms with Gasteiger partial charge in [0.2, 0.25) is 5.95 Å². The monoisotopic (exact) mass is 352 g/mol. The minimum Gasteiger partial charge on any atom is -0.486 e. The van der Waals surface area contributed by atoms with Crippen LogP contribution in [0.15, 0.2) is 42.3 Å². The zero-order chi connectivity index (χ0) is 17.9. The number of rotatable bonds is 6. The van der Waals surface area contributed by atoms with Crippen LogP contribution < -0.4 is 5.32 Å². The fourth-order valence-corrected chi connectivity index (χ4v) is 2.71. The number of carboxylic acids is 1. The Hall–Kier alpha value is -3.62. The van der Waals surface area contributed by atoms with Gasteiger partial charge in [-0.15, -0.1) is 10.2 Å². The number of nitrogens with zero attached hydrogens (tertiary/aromatic N) is 3. The first-order valence-electron chi connectivity index (χ1n) is 8.05. The van der Waals surface area contributed by atoms with Crippen molar-refractivity contribution in [3.05, 3.63) is 48.1 Å². The van der Waals surface area contributed by atoms with Gasteiger partial charge in [0.15, 0.2) is 12.4 Å². The number of benzene rings is 1. The molecule has 1 aliphatic carbocycles. The van der Waals surface area contributed by atoms with Crippen LogP contribution in [0.4, 0.5) is 11.6 Å². The van der Waals surface area contributed by atoms with E-state index in [1.165, 1.54) is 0 Å². The minimum absolute atomic E-state index is 0.327. The van der Waals surface area contributed by atoms with Crippen molar-refractivity contribution in [2.24, 2.45) is 0 Å². The molecule has 4 N–H and O–H groups in total. The van der Waals surface area contributed by atoms with Crippen LogP contribution in [-0.2, 0) is 9.53 Å². The van der Waals surface area contributed by atoms with Crippen LogP contribution in [0.1, 0.15) is 18.7 Å². The van der Waals surface area contributed by atoms with Gasteiger partial charge in [-0.1, -0.05) is 6.08 Å². The highest BCUT2D eigenvalue weighted by molar-refractivity contribution is 5.82. The maximum Gasteiger partial charge on any atom is 0.341 e. The van der Waals surface area contributed by atoms with E-state index < -0.39 is 5.97 Å². The molecule has 0 radical (unpaired) electrons. The average molecular weight is 352 g/mol. The molecule has 0 fully saturated rings. The Balaban J connectivity index is 1.45. The van der Waals surface area contributed by atoms with Crippen LogP contribution >= 0.6 is 0 Å². The zero-order valence-electron chi connectivity index (χ0n) is 13.7. The summed E-state index contributed by atoms with van der Waals surface area (Å²) >= 11 is 0. The smallest absolute Gasteiger partial charge is 0.341 e. The minimum atomic E-state index is -0.986. The number of fused-ring (bicyclic) bond motifs is 1. The van der Waals surface area contributed by atoms with Crippen LogP contribution in [0, 0.1) is 0 Å². The number of aliphatic carboxylic acids is 1. The fourth-order valence-electron chi connectivity index (χ4n) is 2.71. The largest absolute Gasteiger partial charge is 0.486 e. The van der Waals surface area contributed by atoms with Gasteiger partial charge in [0.05, 0.1) is 17.5 Å². The van der Waals surface area contributed by atoms with Gasteiger partial charge in [-0.3, -0.25) is 5.10 Å². The van der Waals surface area contributed by atoms with Crippen molar-refractivity contribution >= 4 is 34.1 Å². The Labute approximate surface area is 147 Å². The lowest BCUT2D eigenvalue weighted by Crippen LogP contribution is -2.08. The van der Waals surface area contributed by atoms with Crippen molar-refractivity contribution in [2.75, 3.05) is 11.9 Å². The Kier molecular flexibility index (Phi) is 4.10. The van der Waals surface area contributed by atoms with Gasteiger partial charge in [0, 0.05) is 17.5 Å². The standard InChI is InChI=1S/C17H16N6O3/c24-15(25)9-26-13-4-1-10(2-5-13)16-20-17(23-22-16)19-12-3-6-14-11(7-12)8-18-21-14/h1,3-4,6-8H,2,5,9H2,(H,18,21)(H,24,25)(H2,19,20,22,23). The SMILES string of the molecule is O=C(O)COC1=CC=C(c2nnc(Nc3ccc4[nH]ncc4c3)[nH]2)CC1. The molecule has 0 aliphatic heterocycles. The molecule has 0 saturated heterocycles. The van der Waals surface area contributed by atoms with Crippen LogP contribution in [0.2, 0.25) is 0 Å². The Morgan fingerprint density at radius 1 is 1.27 bits per heavy atom. The van der Waals surface area contributed by atoms with Gasteiger partial charge in [-0.05, 0) is 36.3 Å². The van der Waals surface area contributed by atoms with Crippen molar-refractivity contribution in [3.8, 4) is 0 Å². The molecule has 2 aromatic heterocycles. The first-order valence-corrected chi connectivity index (χ1v) is 8.05. The van der Waals surface area contributed by atoms with Crippen molar-refractivity contribution in [1.29, 1.82) is 0 Å². The van der Waals surface area contributed by atoms with Crippen molar-refractivity contribution < 1.29 is 14.6 Å². The van der Waals surface area contributed by atoms with E-state index in [0.717, 1.165) is 22.2 Å². The topological polar surface area (TPSA) is 129 Å². The highest BCUT2D eigenvalue weighted by atomic mass is 16.5. The molecular formula is C17H16N6O3. The second-order valence-electron chi connectivity index (χ2n) is 5.83. The molecule has 26 heavy (non-hydrogen) atoms. The first kappa shape index (κ1) is 15.9. The van der Waals surface area contributed by atoms with Crippen molar-refractivity contribution in [3.63, 3.8) is 0 Å². The Bertz CT molecular complexity index is 1020. The number of hydrogen-bond acceptors (Lipinski definition) is 6. The number of carbonyl (C=O) groups is 1. The molecule has 2 heterocycles. The molecule has 0 spiro atoms. The van der Waals surface area contributed by atoms with Crippen LogP contribution in [-0.4, -0.2) is 43.1 Å². The third-order valence-corrected chi connectivity index (χ3v) is 3.99. The first-order chi connectivity index (χ1) is 12.7. The number of ether oxygens (including phenoxy) is 1. The molecule has 0 amide bonds. The number of anilines is 2. The molecular weight excluding hydrogens is 336 g/mol. The number of nitrogens with one attached hydrogen (secondary N) is 3. The molecule has 3 aromatic rings. The summed E-state index contributed by atoms with van der Waals surface area (Å²) in [5.41, 5.74) is 2.83. The molecule has 1 aliphatic rings. The lowest BCUT2D eigenvalue weighted by molar-refractivity contribution is -0.140. The van der Waals surface area contributed by atoms with Crippen LogP contribution in [0.3, 0.4) is 0 Å². The molecule has 1 aromatic carbocycles. The molecule has 4 rings (SSSR count). The third-order valence-electron chi connectivity index (χ3n) is 3.99. The van der Waals surface area contributed by atoms with Gasteiger partial charge in [-0.25, -0.2) is 4.79 Å². The lowest BCUT2D eigenvalue weighted by atomic mass is 10.0.